The molecular formula is C11H16N2O3. The third kappa shape index (κ3) is 2.79. The van der Waals surface area contributed by atoms with Crippen LogP contribution < -0.4 is 11.1 Å². The summed E-state index contributed by atoms with van der Waals surface area (Å²) in [5.74, 6) is -0.194. The summed E-state index contributed by atoms with van der Waals surface area (Å²) in [7, 11) is 1.54. The molecule has 0 fully saturated rings. The summed E-state index contributed by atoms with van der Waals surface area (Å²) < 4.78 is 0. The van der Waals surface area contributed by atoms with Crippen LogP contribution in [0.4, 0.5) is 0 Å². The van der Waals surface area contributed by atoms with Crippen molar-refractivity contribution in [3.05, 3.63) is 35.4 Å². The highest BCUT2D eigenvalue weighted by Gasteiger charge is 2.16. The molecule has 5 nitrogen and oxygen atoms in total. The van der Waals surface area contributed by atoms with Gasteiger partial charge in [-0.2, -0.15) is 0 Å². The molecular weight excluding hydrogens is 208 g/mol. The molecule has 1 aromatic rings. The van der Waals surface area contributed by atoms with Gasteiger partial charge in [-0.25, -0.2) is 0 Å². The maximum Gasteiger partial charge on any atom is 0.251 e. The molecule has 1 aromatic carbocycles. The van der Waals surface area contributed by atoms with E-state index in [-0.39, 0.29) is 12.5 Å². The largest absolute Gasteiger partial charge is 0.389 e. The lowest BCUT2D eigenvalue weighted by atomic mass is 10.0. The van der Waals surface area contributed by atoms with Crippen LogP contribution in [0.1, 0.15) is 22.0 Å². The lowest BCUT2D eigenvalue weighted by Crippen LogP contribution is -2.27. The topological polar surface area (TPSA) is 95.6 Å². The molecule has 0 bridgehead atoms. The summed E-state index contributed by atoms with van der Waals surface area (Å²) >= 11 is 0. The van der Waals surface area contributed by atoms with Gasteiger partial charge >= 0.3 is 0 Å². The lowest BCUT2D eigenvalue weighted by Gasteiger charge is -2.16. The van der Waals surface area contributed by atoms with E-state index >= 15 is 0 Å². The van der Waals surface area contributed by atoms with Crippen LogP contribution >= 0.6 is 0 Å². The van der Waals surface area contributed by atoms with Gasteiger partial charge in [0.25, 0.3) is 5.91 Å². The van der Waals surface area contributed by atoms with Gasteiger partial charge in [0.1, 0.15) is 6.10 Å². The molecule has 0 saturated carbocycles. The van der Waals surface area contributed by atoms with Gasteiger partial charge in [0.05, 0.1) is 6.10 Å². The SMILES string of the molecule is CNC(=O)c1ccc(C(O)C(O)CN)cc1. The molecule has 2 atom stereocenters. The fraction of sp³-hybridized carbons (Fsp3) is 0.364. The van der Waals surface area contributed by atoms with E-state index in [4.69, 9.17) is 5.73 Å². The molecule has 5 N–H and O–H groups in total. The second-order valence-corrected chi connectivity index (χ2v) is 3.45. The molecule has 0 saturated heterocycles. The van der Waals surface area contributed by atoms with Gasteiger partial charge < -0.3 is 21.3 Å². The van der Waals surface area contributed by atoms with Crippen LogP contribution in [0.3, 0.4) is 0 Å². The van der Waals surface area contributed by atoms with Gasteiger partial charge in [-0.1, -0.05) is 12.1 Å². The van der Waals surface area contributed by atoms with Crippen molar-refractivity contribution in [2.45, 2.75) is 12.2 Å². The fourth-order valence-electron chi connectivity index (χ4n) is 1.33. The Morgan fingerprint density at radius 1 is 1.38 bits per heavy atom. The van der Waals surface area contributed by atoms with Crippen molar-refractivity contribution in [2.24, 2.45) is 5.73 Å². The molecule has 88 valence electrons. The summed E-state index contributed by atoms with van der Waals surface area (Å²) in [6.45, 7) is -0.0155. The molecule has 5 heteroatoms. The molecule has 0 heterocycles. The van der Waals surface area contributed by atoms with Crippen molar-refractivity contribution in [2.75, 3.05) is 13.6 Å². The Morgan fingerprint density at radius 3 is 2.38 bits per heavy atom. The van der Waals surface area contributed by atoms with Crippen LogP contribution in [-0.2, 0) is 0 Å². The lowest BCUT2D eigenvalue weighted by molar-refractivity contribution is 0.0243. The van der Waals surface area contributed by atoms with Crippen LogP contribution in [0.25, 0.3) is 0 Å². The average molecular weight is 224 g/mol. The molecule has 0 spiro atoms. The van der Waals surface area contributed by atoms with Crippen LogP contribution in [0.15, 0.2) is 24.3 Å². The van der Waals surface area contributed by atoms with E-state index in [1.165, 1.54) is 0 Å². The number of hydrogen-bond acceptors (Lipinski definition) is 4. The smallest absolute Gasteiger partial charge is 0.251 e. The number of benzene rings is 1. The van der Waals surface area contributed by atoms with Crippen LogP contribution in [0.5, 0.6) is 0 Å². The number of carbonyl (C=O) groups excluding carboxylic acids is 1. The first-order chi connectivity index (χ1) is 7.60. The zero-order chi connectivity index (χ0) is 12.1. The standard InChI is InChI=1S/C11H16N2O3/c1-13-11(16)8-4-2-7(3-5-8)10(15)9(14)6-12/h2-5,9-10,14-15H,6,12H2,1H3,(H,13,16). The number of nitrogens with one attached hydrogen (secondary N) is 1. The quantitative estimate of drug-likeness (QED) is 0.549. The first-order valence-corrected chi connectivity index (χ1v) is 4.98. The van der Waals surface area contributed by atoms with Crippen molar-refractivity contribution in [1.29, 1.82) is 0 Å². The number of aliphatic hydroxyl groups is 2. The third-order valence-corrected chi connectivity index (χ3v) is 2.35. The Hall–Kier alpha value is -1.43. The maximum absolute atomic E-state index is 11.2. The third-order valence-electron chi connectivity index (χ3n) is 2.35. The van der Waals surface area contributed by atoms with Crippen molar-refractivity contribution >= 4 is 5.91 Å². The Morgan fingerprint density at radius 2 is 1.94 bits per heavy atom. The first-order valence-electron chi connectivity index (χ1n) is 4.98. The van der Waals surface area contributed by atoms with Crippen molar-refractivity contribution in [3.63, 3.8) is 0 Å². The Balaban J connectivity index is 2.82. The van der Waals surface area contributed by atoms with Crippen molar-refractivity contribution in [3.8, 4) is 0 Å². The fourth-order valence-corrected chi connectivity index (χ4v) is 1.33. The van der Waals surface area contributed by atoms with E-state index in [1.54, 1.807) is 31.3 Å². The molecule has 2 unspecified atom stereocenters. The predicted molar refractivity (Wildman–Crippen MR) is 59.9 cm³/mol. The average Bonchev–Trinajstić information content (AvgIpc) is 2.36. The van der Waals surface area contributed by atoms with E-state index in [2.05, 4.69) is 5.32 Å². The molecule has 0 aliphatic rings. The number of hydrogen-bond donors (Lipinski definition) is 4. The molecule has 16 heavy (non-hydrogen) atoms. The highest BCUT2D eigenvalue weighted by molar-refractivity contribution is 5.93. The normalized spacial score (nSPS) is 14.2. The summed E-state index contributed by atoms with van der Waals surface area (Å²) in [5, 5.41) is 21.5. The molecule has 0 aliphatic heterocycles. The van der Waals surface area contributed by atoms with Crippen LogP contribution in [-0.4, -0.2) is 35.8 Å². The van der Waals surface area contributed by atoms with Crippen molar-refractivity contribution < 1.29 is 15.0 Å². The van der Waals surface area contributed by atoms with E-state index in [1.807, 2.05) is 0 Å². The highest BCUT2D eigenvalue weighted by atomic mass is 16.3. The van der Waals surface area contributed by atoms with Gasteiger partial charge in [0, 0.05) is 19.2 Å². The summed E-state index contributed by atoms with van der Waals surface area (Å²) in [5.41, 5.74) is 6.27. The van der Waals surface area contributed by atoms with Gasteiger partial charge in [-0.3, -0.25) is 4.79 Å². The monoisotopic (exact) mass is 224 g/mol. The molecule has 1 rings (SSSR count). The second kappa shape index (κ2) is 5.60. The molecule has 0 aliphatic carbocycles. The predicted octanol–water partition coefficient (Wildman–Crippen LogP) is -0.601. The number of aliphatic hydroxyl groups excluding tert-OH is 2. The number of nitrogens with two attached hydrogens (primary N) is 1. The van der Waals surface area contributed by atoms with Gasteiger partial charge in [-0.05, 0) is 17.7 Å². The Bertz CT molecular complexity index is 351. The summed E-state index contributed by atoms with van der Waals surface area (Å²) in [6.07, 6.45) is -2.02. The van der Waals surface area contributed by atoms with Gasteiger partial charge in [-0.15, -0.1) is 0 Å². The molecule has 1 amide bonds. The van der Waals surface area contributed by atoms with Gasteiger partial charge in [0.15, 0.2) is 0 Å². The first kappa shape index (κ1) is 12.6. The number of carbonyl (C=O) groups is 1. The summed E-state index contributed by atoms with van der Waals surface area (Å²) in [4.78, 5) is 11.2. The number of rotatable bonds is 4. The minimum Gasteiger partial charge on any atom is -0.389 e. The van der Waals surface area contributed by atoms with E-state index in [0.717, 1.165) is 0 Å². The summed E-state index contributed by atoms with van der Waals surface area (Å²) in [6, 6.07) is 6.35. The van der Waals surface area contributed by atoms with E-state index < -0.39 is 12.2 Å². The zero-order valence-corrected chi connectivity index (χ0v) is 9.05. The number of amides is 1. The second-order valence-electron chi connectivity index (χ2n) is 3.45. The van der Waals surface area contributed by atoms with Crippen LogP contribution in [0, 0.1) is 0 Å². The van der Waals surface area contributed by atoms with Crippen LogP contribution in [0.2, 0.25) is 0 Å². The minimum atomic E-state index is -1.02. The van der Waals surface area contributed by atoms with E-state index in [0.29, 0.717) is 11.1 Å². The van der Waals surface area contributed by atoms with E-state index in [9.17, 15) is 15.0 Å². The molecule has 0 aromatic heterocycles. The zero-order valence-electron chi connectivity index (χ0n) is 9.05. The minimum absolute atomic E-state index is 0.0155. The maximum atomic E-state index is 11.2. The Labute approximate surface area is 93.9 Å². The van der Waals surface area contributed by atoms with Crippen molar-refractivity contribution in [1.82, 2.24) is 5.32 Å². The van der Waals surface area contributed by atoms with Gasteiger partial charge in [0.2, 0.25) is 0 Å². The highest BCUT2D eigenvalue weighted by Crippen LogP contribution is 2.16. The Kier molecular flexibility index (Phi) is 4.42. The molecule has 0 radical (unpaired) electrons.